The van der Waals surface area contributed by atoms with Crippen LogP contribution in [0.15, 0.2) is 54.6 Å². The number of rotatable bonds is 3. The minimum atomic E-state index is 0.512. The van der Waals surface area contributed by atoms with Gasteiger partial charge in [0.15, 0.2) is 0 Å². The second-order valence-electron chi connectivity index (χ2n) is 5.46. The third-order valence-electron chi connectivity index (χ3n) is 3.95. The standard InChI is InChI=1S/C18H21NO/c1-15-14-20-12-11-19(15)13-16-7-9-18(10-8-16)17-5-3-2-4-6-17/h2-10,15H,11-14H2,1H3. The van der Waals surface area contributed by atoms with Crippen molar-refractivity contribution in [3.8, 4) is 11.1 Å². The molecule has 0 spiro atoms. The Morgan fingerprint density at radius 2 is 1.70 bits per heavy atom. The predicted octanol–water partition coefficient (Wildman–Crippen LogP) is 3.57. The summed E-state index contributed by atoms with van der Waals surface area (Å²) in [5.41, 5.74) is 3.93. The Labute approximate surface area is 121 Å². The Kier molecular flexibility index (Phi) is 4.14. The van der Waals surface area contributed by atoms with Crippen LogP contribution in [0, 0.1) is 0 Å². The molecule has 1 saturated heterocycles. The molecule has 3 rings (SSSR count). The van der Waals surface area contributed by atoms with E-state index in [0.29, 0.717) is 6.04 Å². The number of hydrogen-bond acceptors (Lipinski definition) is 2. The molecule has 0 aliphatic carbocycles. The van der Waals surface area contributed by atoms with Crippen molar-refractivity contribution in [3.63, 3.8) is 0 Å². The Bertz CT molecular complexity index is 535. The molecule has 2 aromatic carbocycles. The van der Waals surface area contributed by atoms with Crippen LogP contribution < -0.4 is 0 Å². The largest absolute Gasteiger partial charge is 0.379 e. The second kappa shape index (κ2) is 6.21. The summed E-state index contributed by atoms with van der Waals surface area (Å²) in [6.45, 7) is 5.98. The van der Waals surface area contributed by atoms with Crippen LogP contribution in [-0.4, -0.2) is 30.7 Å². The van der Waals surface area contributed by atoms with Crippen molar-refractivity contribution in [1.82, 2.24) is 4.90 Å². The lowest BCUT2D eigenvalue weighted by atomic mass is 10.0. The number of nitrogens with zero attached hydrogens (tertiary/aromatic N) is 1. The van der Waals surface area contributed by atoms with Crippen molar-refractivity contribution in [2.75, 3.05) is 19.8 Å². The Hall–Kier alpha value is -1.64. The summed E-state index contributed by atoms with van der Waals surface area (Å²) in [7, 11) is 0. The molecule has 1 aliphatic rings. The van der Waals surface area contributed by atoms with Crippen LogP contribution in [0.5, 0.6) is 0 Å². The van der Waals surface area contributed by atoms with Gasteiger partial charge in [0.2, 0.25) is 0 Å². The fraction of sp³-hybridized carbons (Fsp3) is 0.333. The van der Waals surface area contributed by atoms with E-state index in [0.717, 1.165) is 26.3 Å². The minimum absolute atomic E-state index is 0.512. The van der Waals surface area contributed by atoms with E-state index in [1.807, 2.05) is 0 Å². The van der Waals surface area contributed by atoms with E-state index in [9.17, 15) is 0 Å². The van der Waals surface area contributed by atoms with Crippen LogP contribution in [-0.2, 0) is 11.3 Å². The molecule has 1 unspecified atom stereocenters. The summed E-state index contributed by atoms with van der Waals surface area (Å²) in [6, 6.07) is 19.9. The van der Waals surface area contributed by atoms with E-state index < -0.39 is 0 Å². The summed E-state index contributed by atoms with van der Waals surface area (Å²) < 4.78 is 5.48. The topological polar surface area (TPSA) is 12.5 Å². The van der Waals surface area contributed by atoms with Gasteiger partial charge in [-0.1, -0.05) is 54.6 Å². The zero-order chi connectivity index (χ0) is 13.8. The van der Waals surface area contributed by atoms with Crippen molar-refractivity contribution in [3.05, 3.63) is 60.2 Å². The molecular formula is C18H21NO. The Balaban J connectivity index is 1.70. The maximum absolute atomic E-state index is 5.48. The first-order valence-corrected chi connectivity index (χ1v) is 7.29. The van der Waals surface area contributed by atoms with Crippen LogP contribution in [0.1, 0.15) is 12.5 Å². The summed E-state index contributed by atoms with van der Waals surface area (Å²) in [5, 5.41) is 0. The highest BCUT2D eigenvalue weighted by atomic mass is 16.5. The number of ether oxygens (including phenoxy) is 1. The first-order valence-electron chi connectivity index (χ1n) is 7.29. The van der Waals surface area contributed by atoms with E-state index in [4.69, 9.17) is 4.74 Å². The molecule has 0 saturated carbocycles. The van der Waals surface area contributed by atoms with Gasteiger partial charge < -0.3 is 4.74 Å². The molecule has 0 N–H and O–H groups in total. The van der Waals surface area contributed by atoms with Gasteiger partial charge in [0, 0.05) is 19.1 Å². The third-order valence-corrected chi connectivity index (χ3v) is 3.95. The van der Waals surface area contributed by atoms with Gasteiger partial charge in [0.25, 0.3) is 0 Å². The monoisotopic (exact) mass is 267 g/mol. The van der Waals surface area contributed by atoms with Gasteiger partial charge in [0.05, 0.1) is 13.2 Å². The molecule has 1 fully saturated rings. The summed E-state index contributed by atoms with van der Waals surface area (Å²) >= 11 is 0. The van der Waals surface area contributed by atoms with Gasteiger partial charge in [-0.3, -0.25) is 4.90 Å². The average Bonchev–Trinajstić information content (AvgIpc) is 2.51. The SMILES string of the molecule is CC1COCCN1Cc1ccc(-c2ccccc2)cc1. The fourth-order valence-electron chi connectivity index (χ4n) is 2.66. The molecule has 0 radical (unpaired) electrons. The molecule has 1 atom stereocenters. The van der Waals surface area contributed by atoms with Gasteiger partial charge in [0.1, 0.15) is 0 Å². The lowest BCUT2D eigenvalue weighted by Crippen LogP contribution is -2.42. The van der Waals surface area contributed by atoms with Crippen LogP contribution in [0.2, 0.25) is 0 Å². The molecule has 1 heterocycles. The lowest BCUT2D eigenvalue weighted by molar-refractivity contribution is -0.00436. The molecule has 2 heteroatoms. The van der Waals surface area contributed by atoms with Crippen molar-refractivity contribution < 1.29 is 4.74 Å². The van der Waals surface area contributed by atoms with Crippen LogP contribution in [0.25, 0.3) is 11.1 Å². The van der Waals surface area contributed by atoms with Gasteiger partial charge in [-0.2, -0.15) is 0 Å². The first kappa shape index (κ1) is 13.3. The third kappa shape index (κ3) is 3.09. The molecular weight excluding hydrogens is 246 g/mol. The molecule has 20 heavy (non-hydrogen) atoms. The minimum Gasteiger partial charge on any atom is -0.379 e. The smallest absolute Gasteiger partial charge is 0.0619 e. The van der Waals surface area contributed by atoms with E-state index in [1.165, 1.54) is 16.7 Å². The number of morpholine rings is 1. The Morgan fingerprint density at radius 3 is 2.40 bits per heavy atom. The summed E-state index contributed by atoms with van der Waals surface area (Å²) in [6.07, 6.45) is 0. The van der Waals surface area contributed by atoms with Crippen molar-refractivity contribution in [2.24, 2.45) is 0 Å². The van der Waals surface area contributed by atoms with Gasteiger partial charge in [-0.15, -0.1) is 0 Å². The number of hydrogen-bond donors (Lipinski definition) is 0. The van der Waals surface area contributed by atoms with Crippen molar-refractivity contribution >= 4 is 0 Å². The van der Waals surface area contributed by atoms with Crippen molar-refractivity contribution in [1.29, 1.82) is 0 Å². The van der Waals surface area contributed by atoms with Gasteiger partial charge in [-0.25, -0.2) is 0 Å². The quantitative estimate of drug-likeness (QED) is 0.843. The van der Waals surface area contributed by atoms with E-state index >= 15 is 0 Å². The molecule has 0 aromatic heterocycles. The molecule has 1 aliphatic heterocycles. The summed E-state index contributed by atoms with van der Waals surface area (Å²) in [4.78, 5) is 2.49. The Morgan fingerprint density at radius 1 is 1.00 bits per heavy atom. The van der Waals surface area contributed by atoms with E-state index in [1.54, 1.807) is 0 Å². The fourth-order valence-corrected chi connectivity index (χ4v) is 2.66. The van der Waals surface area contributed by atoms with Crippen LogP contribution >= 0.6 is 0 Å². The second-order valence-corrected chi connectivity index (χ2v) is 5.46. The molecule has 2 aromatic rings. The summed E-state index contributed by atoms with van der Waals surface area (Å²) in [5.74, 6) is 0. The van der Waals surface area contributed by atoms with Gasteiger partial charge >= 0.3 is 0 Å². The average molecular weight is 267 g/mol. The van der Waals surface area contributed by atoms with Crippen LogP contribution in [0.4, 0.5) is 0 Å². The van der Waals surface area contributed by atoms with E-state index in [2.05, 4.69) is 66.4 Å². The highest BCUT2D eigenvalue weighted by molar-refractivity contribution is 5.63. The first-order chi connectivity index (χ1) is 9.83. The highest BCUT2D eigenvalue weighted by Gasteiger charge is 2.18. The molecule has 0 bridgehead atoms. The molecule has 0 amide bonds. The normalized spacial score (nSPS) is 19.9. The maximum atomic E-state index is 5.48. The van der Waals surface area contributed by atoms with E-state index in [-0.39, 0.29) is 0 Å². The lowest BCUT2D eigenvalue weighted by Gasteiger charge is -2.33. The van der Waals surface area contributed by atoms with Crippen LogP contribution in [0.3, 0.4) is 0 Å². The van der Waals surface area contributed by atoms with Crippen molar-refractivity contribution in [2.45, 2.75) is 19.5 Å². The van der Waals surface area contributed by atoms with Gasteiger partial charge in [-0.05, 0) is 23.6 Å². The number of benzene rings is 2. The zero-order valence-corrected chi connectivity index (χ0v) is 12.0. The zero-order valence-electron chi connectivity index (χ0n) is 12.0. The highest BCUT2D eigenvalue weighted by Crippen LogP contribution is 2.20. The molecule has 2 nitrogen and oxygen atoms in total. The maximum Gasteiger partial charge on any atom is 0.0619 e. The predicted molar refractivity (Wildman–Crippen MR) is 82.6 cm³/mol. The molecule has 104 valence electrons.